The number of rotatable bonds is 4. The van der Waals surface area contributed by atoms with Crippen LogP contribution in [0.4, 0.5) is 5.69 Å². The van der Waals surface area contributed by atoms with Gasteiger partial charge in [-0.05, 0) is 61.0 Å². The maximum atomic E-state index is 5.53. The molecule has 0 bridgehead atoms. The van der Waals surface area contributed by atoms with Gasteiger partial charge in [-0.3, -0.25) is 4.98 Å². The third kappa shape index (κ3) is 3.62. The molecule has 1 fully saturated rings. The van der Waals surface area contributed by atoms with E-state index in [9.17, 15) is 0 Å². The molecule has 2 aromatic rings. The normalized spacial score (nSPS) is 15.9. The fourth-order valence-corrected chi connectivity index (χ4v) is 3.48. The predicted molar refractivity (Wildman–Crippen MR) is 96.7 cm³/mol. The van der Waals surface area contributed by atoms with Crippen LogP contribution in [0.5, 0.6) is 5.75 Å². The zero-order valence-corrected chi connectivity index (χ0v) is 14.0. The van der Waals surface area contributed by atoms with E-state index in [1.807, 2.05) is 36.5 Å². The zero-order chi connectivity index (χ0) is 16.1. The number of ether oxygens (including phenoxy) is 1. The van der Waals surface area contributed by atoms with Gasteiger partial charge in [0.15, 0.2) is 5.11 Å². The Bertz CT molecular complexity index is 652. The minimum absolute atomic E-state index is 0.106. The molecule has 0 radical (unpaired) electrons. The minimum atomic E-state index is -0.106. The fourth-order valence-electron chi connectivity index (χ4n) is 3.16. The number of methoxy groups -OCH3 is 1. The lowest BCUT2D eigenvalue weighted by atomic mass is 9.89. The van der Waals surface area contributed by atoms with E-state index in [1.165, 1.54) is 18.4 Å². The molecule has 2 N–H and O–H groups in total. The highest BCUT2D eigenvalue weighted by molar-refractivity contribution is 7.80. The second-order valence-corrected chi connectivity index (χ2v) is 6.25. The van der Waals surface area contributed by atoms with Crippen LogP contribution in [0.1, 0.15) is 31.2 Å². The first-order valence-corrected chi connectivity index (χ1v) is 8.26. The average molecular weight is 327 g/mol. The van der Waals surface area contributed by atoms with Gasteiger partial charge in [-0.2, -0.15) is 0 Å². The second-order valence-electron chi connectivity index (χ2n) is 5.84. The summed E-state index contributed by atoms with van der Waals surface area (Å²) in [6.07, 6.45) is 8.29. The molecule has 3 rings (SSSR count). The van der Waals surface area contributed by atoms with Gasteiger partial charge in [-0.25, -0.2) is 0 Å². The van der Waals surface area contributed by atoms with E-state index < -0.39 is 0 Å². The summed E-state index contributed by atoms with van der Waals surface area (Å²) >= 11 is 5.53. The van der Waals surface area contributed by atoms with Gasteiger partial charge in [0.25, 0.3) is 0 Å². The smallest absolute Gasteiger partial charge is 0.171 e. The highest BCUT2D eigenvalue weighted by atomic mass is 32.1. The number of aromatic nitrogens is 1. The van der Waals surface area contributed by atoms with Crippen molar-refractivity contribution in [1.82, 2.24) is 10.3 Å². The second kappa shape index (κ2) is 6.96. The Morgan fingerprint density at radius 1 is 1.17 bits per heavy atom. The van der Waals surface area contributed by atoms with E-state index in [0.717, 1.165) is 24.3 Å². The number of hydrogen-bond donors (Lipinski definition) is 2. The van der Waals surface area contributed by atoms with E-state index in [-0.39, 0.29) is 5.54 Å². The van der Waals surface area contributed by atoms with Crippen molar-refractivity contribution in [3.8, 4) is 5.75 Å². The van der Waals surface area contributed by atoms with Crippen molar-refractivity contribution in [2.24, 2.45) is 0 Å². The third-order valence-electron chi connectivity index (χ3n) is 4.37. The molecule has 0 unspecified atom stereocenters. The molecule has 1 aliphatic carbocycles. The Hall–Kier alpha value is -2.14. The summed E-state index contributed by atoms with van der Waals surface area (Å²) in [5.74, 6) is 0.831. The molecule has 120 valence electrons. The average Bonchev–Trinajstić information content (AvgIpc) is 3.06. The van der Waals surface area contributed by atoms with Crippen LogP contribution in [-0.4, -0.2) is 17.2 Å². The van der Waals surface area contributed by atoms with Gasteiger partial charge < -0.3 is 15.4 Å². The molecule has 1 aromatic carbocycles. The van der Waals surface area contributed by atoms with Crippen LogP contribution in [-0.2, 0) is 5.54 Å². The highest BCUT2D eigenvalue weighted by Crippen LogP contribution is 2.38. The lowest BCUT2D eigenvalue weighted by Crippen LogP contribution is -2.45. The van der Waals surface area contributed by atoms with Gasteiger partial charge in [0.05, 0.1) is 12.6 Å². The van der Waals surface area contributed by atoms with E-state index in [1.54, 1.807) is 13.3 Å². The van der Waals surface area contributed by atoms with Crippen LogP contribution in [0.3, 0.4) is 0 Å². The maximum Gasteiger partial charge on any atom is 0.171 e. The first kappa shape index (κ1) is 15.7. The molecule has 0 aliphatic heterocycles. The van der Waals surface area contributed by atoms with Crippen molar-refractivity contribution in [2.75, 3.05) is 12.4 Å². The largest absolute Gasteiger partial charge is 0.497 e. The molecule has 5 heteroatoms. The van der Waals surface area contributed by atoms with Gasteiger partial charge in [0.2, 0.25) is 0 Å². The van der Waals surface area contributed by atoms with Crippen molar-refractivity contribution in [3.63, 3.8) is 0 Å². The van der Waals surface area contributed by atoms with Crippen LogP contribution < -0.4 is 15.4 Å². The lowest BCUT2D eigenvalue weighted by molar-refractivity contribution is 0.407. The molecular weight excluding hydrogens is 306 g/mol. The molecule has 1 heterocycles. The zero-order valence-electron chi connectivity index (χ0n) is 13.2. The molecular formula is C18H21N3OS. The van der Waals surface area contributed by atoms with Crippen molar-refractivity contribution in [3.05, 3.63) is 54.4 Å². The van der Waals surface area contributed by atoms with Gasteiger partial charge >= 0.3 is 0 Å². The Balaban J connectivity index is 1.71. The van der Waals surface area contributed by atoms with Gasteiger partial charge in [0.1, 0.15) is 5.75 Å². The first-order valence-electron chi connectivity index (χ1n) is 7.86. The van der Waals surface area contributed by atoms with Gasteiger partial charge in [0, 0.05) is 18.1 Å². The van der Waals surface area contributed by atoms with Crippen molar-refractivity contribution >= 4 is 23.0 Å². The Labute approximate surface area is 142 Å². The highest BCUT2D eigenvalue weighted by Gasteiger charge is 2.36. The number of benzene rings is 1. The van der Waals surface area contributed by atoms with Crippen LogP contribution in [0, 0.1) is 0 Å². The Morgan fingerprint density at radius 2 is 1.91 bits per heavy atom. The molecule has 1 aromatic heterocycles. The van der Waals surface area contributed by atoms with Crippen molar-refractivity contribution in [1.29, 1.82) is 0 Å². The summed E-state index contributed by atoms with van der Waals surface area (Å²) in [4.78, 5) is 4.27. The standard InChI is InChI=1S/C18H21N3OS/c1-22-16-8-6-15(7-9-16)20-17(23)21-18(10-2-3-11-18)14-5-4-12-19-13-14/h4-9,12-13H,2-3,10-11H2,1H3,(H2,20,21,23). The molecule has 4 nitrogen and oxygen atoms in total. The number of nitrogens with one attached hydrogen (secondary N) is 2. The fraction of sp³-hybridized carbons (Fsp3) is 0.333. The lowest BCUT2D eigenvalue weighted by Gasteiger charge is -2.32. The summed E-state index contributed by atoms with van der Waals surface area (Å²) in [5, 5.41) is 7.43. The molecule has 0 atom stereocenters. The number of nitrogens with zero attached hydrogens (tertiary/aromatic N) is 1. The van der Waals surface area contributed by atoms with Crippen LogP contribution in [0.25, 0.3) is 0 Å². The Kier molecular flexibility index (Phi) is 4.76. The predicted octanol–water partition coefficient (Wildman–Crippen LogP) is 3.85. The third-order valence-corrected chi connectivity index (χ3v) is 4.58. The first-order chi connectivity index (χ1) is 11.2. The molecule has 0 amide bonds. The summed E-state index contributed by atoms with van der Waals surface area (Å²) in [6, 6.07) is 11.9. The molecule has 1 saturated carbocycles. The summed E-state index contributed by atoms with van der Waals surface area (Å²) in [5.41, 5.74) is 2.05. The van der Waals surface area contributed by atoms with E-state index in [0.29, 0.717) is 5.11 Å². The topological polar surface area (TPSA) is 46.2 Å². The number of anilines is 1. The van der Waals surface area contributed by atoms with Gasteiger partial charge in [-0.1, -0.05) is 18.9 Å². The van der Waals surface area contributed by atoms with E-state index in [4.69, 9.17) is 17.0 Å². The molecule has 23 heavy (non-hydrogen) atoms. The quantitative estimate of drug-likeness (QED) is 0.835. The summed E-state index contributed by atoms with van der Waals surface area (Å²) < 4.78 is 5.17. The molecule has 1 aliphatic rings. The van der Waals surface area contributed by atoms with Crippen LogP contribution in [0.2, 0.25) is 0 Å². The van der Waals surface area contributed by atoms with Crippen LogP contribution in [0.15, 0.2) is 48.8 Å². The van der Waals surface area contributed by atoms with Crippen LogP contribution >= 0.6 is 12.2 Å². The monoisotopic (exact) mass is 327 g/mol. The summed E-state index contributed by atoms with van der Waals surface area (Å²) in [7, 11) is 1.66. The molecule has 0 spiro atoms. The maximum absolute atomic E-state index is 5.53. The van der Waals surface area contributed by atoms with E-state index >= 15 is 0 Å². The minimum Gasteiger partial charge on any atom is -0.497 e. The van der Waals surface area contributed by atoms with E-state index in [2.05, 4.69) is 21.7 Å². The number of hydrogen-bond acceptors (Lipinski definition) is 3. The van der Waals surface area contributed by atoms with Crippen molar-refractivity contribution in [2.45, 2.75) is 31.2 Å². The van der Waals surface area contributed by atoms with Gasteiger partial charge in [-0.15, -0.1) is 0 Å². The number of thiocarbonyl (C=S) groups is 1. The molecule has 0 saturated heterocycles. The summed E-state index contributed by atoms with van der Waals surface area (Å²) in [6.45, 7) is 0. The number of pyridine rings is 1. The van der Waals surface area contributed by atoms with Crippen molar-refractivity contribution < 1.29 is 4.74 Å². The Morgan fingerprint density at radius 3 is 2.52 bits per heavy atom. The SMILES string of the molecule is COc1ccc(NC(=S)NC2(c3cccnc3)CCCC2)cc1.